The van der Waals surface area contributed by atoms with Crippen molar-refractivity contribution in [1.82, 2.24) is 15.6 Å². The Morgan fingerprint density at radius 2 is 1.71 bits per heavy atom. The third-order valence-electron chi connectivity index (χ3n) is 5.80. The molecule has 0 aliphatic heterocycles. The highest BCUT2D eigenvalue weighted by Crippen LogP contribution is 2.31. The van der Waals surface area contributed by atoms with Crippen LogP contribution < -0.4 is 15.4 Å². The molecule has 2 N–H and O–H groups in total. The quantitative estimate of drug-likeness (QED) is 0.558. The van der Waals surface area contributed by atoms with Crippen molar-refractivity contribution in [2.24, 2.45) is 5.92 Å². The van der Waals surface area contributed by atoms with Crippen LogP contribution in [-0.4, -0.2) is 23.7 Å². The highest BCUT2D eigenvalue weighted by atomic mass is 16.5. The van der Waals surface area contributed by atoms with Crippen molar-refractivity contribution in [1.29, 1.82) is 0 Å². The maximum Gasteiger partial charge on any atom is 0.315 e. The number of carbonyl (C=O) groups is 1. The number of carbonyl (C=O) groups excluding carboxylic acids is 1. The molecule has 3 aromatic rings. The number of benzene rings is 2. The summed E-state index contributed by atoms with van der Waals surface area (Å²) < 4.78 is 6.23. The topological polar surface area (TPSA) is 63.2 Å². The van der Waals surface area contributed by atoms with Gasteiger partial charge in [-0.25, -0.2) is 4.79 Å². The Labute approximate surface area is 183 Å². The lowest BCUT2D eigenvalue weighted by Crippen LogP contribution is -2.43. The van der Waals surface area contributed by atoms with Gasteiger partial charge in [-0.15, -0.1) is 0 Å². The Morgan fingerprint density at radius 1 is 0.935 bits per heavy atom. The van der Waals surface area contributed by atoms with Crippen LogP contribution in [-0.2, 0) is 6.54 Å². The number of ether oxygens (including phenoxy) is 1. The maximum atomic E-state index is 12.2. The SMILES string of the molecule is O=C(NCc1cccnc1)NC1CCC(COc2ccccc2-c2ccccc2)CC1. The van der Waals surface area contributed by atoms with E-state index in [0.717, 1.165) is 42.6 Å². The van der Waals surface area contributed by atoms with Crippen LogP contribution in [0.5, 0.6) is 5.75 Å². The minimum absolute atomic E-state index is 0.111. The summed E-state index contributed by atoms with van der Waals surface area (Å²) in [4.78, 5) is 16.2. The van der Waals surface area contributed by atoms with Gasteiger partial charge in [0.05, 0.1) is 6.61 Å². The fraction of sp³-hybridized carbons (Fsp3) is 0.308. The largest absolute Gasteiger partial charge is 0.493 e. The molecule has 1 aliphatic rings. The normalized spacial score (nSPS) is 18.2. The maximum absolute atomic E-state index is 12.2. The summed E-state index contributed by atoms with van der Waals surface area (Å²) in [5.41, 5.74) is 3.29. The lowest BCUT2D eigenvalue weighted by atomic mass is 9.86. The van der Waals surface area contributed by atoms with Crippen LogP contribution in [0.4, 0.5) is 4.79 Å². The first-order valence-electron chi connectivity index (χ1n) is 11.0. The molecule has 1 fully saturated rings. The third kappa shape index (κ3) is 6.07. The van der Waals surface area contributed by atoms with Gasteiger partial charge >= 0.3 is 6.03 Å². The van der Waals surface area contributed by atoms with Crippen molar-refractivity contribution in [2.45, 2.75) is 38.3 Å². The molecule has 1 aliphatic carbocycles. The summed E-state index contributed by atoms with van der Waals surface area (Å²) in [6.45, 7) is 1.20. The van der Waals surface area contributed by atoms with Crippen molar-refractivity contribution >= 4 is 6.03 Å². The van der Waals surface area contributed by atoms with E-state index in [1.165, 1.54) is 5.56 Å². The van der Waals surface area contributed by atoms with E-state index in [0.29, 0.717) is 19.1 Å². The Bertz CT molecular complexity index is 955. The number of nitrogens with one attached hydrogen (secondary N) is 2. The Morgan fingerprint density at radius 3 is 2.48 bits per heavy atom. The molecular formula is C26H29N3O2. The molecule has 1 aromatic heterocycles. The molecule has 5 heteroatoms. The molecule has 160 valence electrons. The van der Waals surface area contributed by atoms with Gasteiger partial charge in [-0.05, 0) is 54.9 Å². The molecule has 0 bridgehead atoms. The number of amides is 2. The first-order valence-corrected chi connectivity index (χ1v) is 11.0. The number of para-hydroxylation sites is 1. The van der Waals surface area contributed by atoms with E-state index in [2.05, 4.69) is 33.8 Å². The summed E-state index contributed by atoms with van der Waals surface area (Å²) in [5.74, 6) is 1.45. The van der Waals surface area contributed by atoms with Crippen molar-refractivity contribution < 1.29 is 9.53 Å². The van der Waals surface area contributed by atoms with Crippen molar-refractivity contribution in [3.05, 3.63) is 84.7 Å². The number of hydrogen-bond acceptors (Lipinski definition) is 3. The van der Waals surface area contributed by atoms with Gasteiger partial charge in [0.25, 0.3) is 0 Å². The molecule has 0 saturated heterocycles. The average Bonchev–Trinajstić information content (AvgIpc) is 2.84. The summed E-state index contributed by atoms with van der Waals surface area (Å²) in [7, 11) is 0. The van der Waals surface area contributed by atoms with Crippen LogP contribution in [0.3, 0.4) is 0 Å². The third-order valence-corrected chi connectivity index (χ3v) is 5.80. The first-order chi connectivity index (χ1) is 15.3. The second kappa shape index (κ2) is 10.6. The molecule has 0 atom stereocenters. The van der Waals surface area contributed by atoms with E-state index >= 15 is 0 Å². The Balaban J connectivity index is 1.21. The predicted molar refractivity (Wildman–Crippen MR) is 123 cm³/mol. The zero-order valence-electron chi connectivity index (χ0n) is 17.7. The average molecular weight is 416 g/mol. The predicted octanol–water partition coefficient (Wildman–Crippen LogP) is 5.19. The highest BCUT2D eigenvalue weighted by Gasteiger charge is 2.23. The minimum Gasteiger partial charge on any atom is -0.493 e. The van der Waals surface area contributed by atoms with Crippen molar-refractivity contribution in [2.75, 3.05) is 6.61 Å². The minimum atomic E-state index is -0.111. The van der Waals surface area contributed by atoms with Gasteiger partial charge in [0.1, 0.15) is 5.75 Å². The van der Waals surface area contributed by atoms with Gasteiger partial charge < -0.3 is 15.4 Å². The second-order valence-corrected chi connectivity index (χ2v) is 8.08. The molecule has 1 heterocycles. The Kier molecular flexibility index (Phi) is 7.16. The second-order valence-electron chi connectivity index (χ2n) is 8.08. The number of aromatic nitrogens is 1. The molecule has 4 rings (SSSR count). The van der Waals surface area contributed by atoms with Crippen LogP contribution in [0.15, 0.2) is 79.1 Å². The molecular weight excluding hydrogens is 386 g/mol. The van der Waals surface area contributed by atoms with Gasteiger partial charge in [-0.1, -0.05) is 54.6 Å². The molecule has 2 amide bonds. The number of urea groups is 1. The number of hydrogen-bond donors (Lipinski definition) is 2. The molecule has 1 saturated carbocycles. The van der Waals surface area contributed by atoms with Gasteiger partial charge in [-0.3, -0.25) is 4.98 Å². The van der Waals surface area contributed by atoms with Gasteiger partial charge in [0, 0.05) is 30.5 Å². The highest BCUT2D eigenvalue weighted by molar-refractivity contribution is 5.74. The van der Waals surface area contributed by atoms with Crippen molar-refractivity contribution in [3.63, 3.8) is 0 Å². The summed E-state index contributed by atoms with van der Waals surface area (Å²) in [6.07, 6.45) is 7.57. The number of pyridine rings is 1. The first kappa shape index (κ1) is 20.9. The van der Waals surface area contributed by atoms with Gasteiger partial charge in [-0.2, -0.15) is 0 Å². The zero-order valence-corrected chi connectivity index (χ0v) is 17.7. The monoisotopic (exact) mass is 415 g/mol. The van der Waals surface area contributed by atoms with E-state index in [9.17, 15) is 4.79 Å². The van der Waals surface area contributed by atoms with Crippen LogP contribution in [0.1, 0.15) is 31.2 Å². The molecule has 5 nitrogen and oxygen atoms in total. The van der Waals surface area contributed by atoms with Crippen LogP contribution >= 0.6 is 0 Å². The smallest absolute Gasteiger partial charge is 0.315 e. The summed E-state index contributed by atoms with van der Waals surface area (Å²) in [6, 6.07) is 22.5. The van der Waals surface area contributed by atoms with E-state index in [1.54, 1.807) is 12.4 Å². The van der Waals surface area contributed by atoms with Crippen LogP contribution in [0.25, 0.3) is 11.1 Å². The van der Waals surface area contributed by atoms with Crippen LogP contribution in [0.2, 0.25) is 0 Å². The lowest BCUT2D eigenvalue weighted by molar-refractivity contribution is 0.189. The molecule has 0 radical (unpaired) electrons. The summed E-state index contributed by atoms with van der Waals surface area (Å²) in [5, 5.41) is 6.01. The summed E-state index contributed by atoms with van der Waals surface area (Å²) >= 11 is 0. The molecule has 0 spiro atoms. The van der Waals surface area contributed by atoms with Gasteiger partial charge in [0.2, 0.25) is 0 Å². The Hall–Kier alpha value is -3.34. The lowest BCUT2D eigenvalue weighted by Gasteiger charge is -2.29. The number of nitrogens with zero attached hydrogens (tertiary/aromatic N) is 1. The molecule has 2 aromatic carbocycles. The van der Waals surface area contributed by atoms with E-state index in [4.69, 9.17) is 4.74 Å². The fourth-order valence-corrected chi connectivity index (χ4v) is 4.05. The standard InChI is InChI=1S/C26H29N3O2/c30-26(28-18-21-7-6-16-27-17-21)29-23-14-12-20(13-15-23)19-31-25-11-5-4-10-24(25)22-8-2-1-3-9-22/h1-11,16-17,20,23H,12-15,18-19H2,(H2,28,29,30). The molecule has 31 heavy (non-hydrogen) atoms. The number of rotatable bonds is 7. The molecule has 0 unspecified atom stereocenters. The van der Waals surface area contributed by atoms with Crippen molar-refractivity contribution in [3.8, 4) is 16.9 Å². The fourth-order valence-electron chi connectivity index (χ4n) is 4.05. The van der Waals surface area contributed by atoms with E-state index in [-0.39, 0.29) is 12.1 Å². The van der Waals surface area contributed by atoms with Crippen LogP contribution in [0, 0.1) is 5.92 Å². The van der Waals surface area contributed by atoms with Gasteiger partial charge in [0.15, 0.2) is 0 Å². The van der Waals surface area contributed by atoms with E-state index < -0.39 is 0 Å². The zero-order chi connectivity index (χ0) is 21.3. The van der Waals surface area contributed by atoms with E-state index in [1.807, 2.05) is 48.5 Å².